The van der Waals surface area contributed by atoms with Gasteiger partial charge in [0.1, 0.15) is 5.60 Å². The molecular formula is C35H37N3O5. The second-order valence-electron chi connectivity index (χ2n) is 11.7. The fraction of sp³-hybridized carbons (Fsp3) is 0.314. The van der Waals surface area contributed by atoms with Crippen molar-refractivity contribution in [2.24, 2.45) is 0 Å². The van der Waals surface area contributed by atoms with Gasteiger partial charge < -0.3 is 18.9 Å². The van der Waals surface area contributed by atoms with Crippen LogP contribution in [0.25, 0.3) is 28.1 Å². The number of aromatic nitrogens is 2. The Morgan fingerprint density at radius 1 is 0.930 bits per heavy atom. The summed E-state index contributed by atoms with van der Waals surface area (Å²) in [5.41, 5.74) is 6.99. The van der Waals surface area contributed by atoms with Gasteiger partial charge in [-0.25, -0.2) is 9.59 Å². The second kappa shape index (κ2) is 12.7. The minimum absolute atomic E-state index is 0.343. The molecule has 8 nitrogen and oxygen atoms in total. The van der Waals surface area contributed by atoms with Crippen molar-refractivity contribution < 1.29 is 23.6 Å². The number of ether oxygens (including phenoxy) is 2. The first kappa shape index (κ1) is 29.8. The van der Waals surface area contributed by atoms with Crippen LogP contribution in [-0.4, -0.2) is 52.9 Å². The highest BCUT2D eigenvalue weighted by atomic mass is 16.6. The normalized spacial score (nSPS) is 13.4. The molecule has 0 spiro atoms. The first-order valence-electron chi connectivity index (χ1n) is 14.5. The highest BCUT2D eigenvalue weighted by molar-refractivity contribution is 5.97. The summed E-state index contributed by atoms with van der Waals surface area (Å²) >= 11 is 0. The molecule has 1 aliphatic heterocycles. The maximum Gasteiger partial charge on any atom is 0.410 e. The van der Waals surface area contributed by atoms with E-state index in [0.29, 0.717) is 43.2 Å². The van der Waals surface area contributed by atoms with Crippen LogP contribution in [0.5, 0.6) is 0 Å². The average Bonchev–Trinajstić information content (AvgIpc) is 3.48. The number of rotatable bonds is 7. The number of carbonyl (C=O) groups is 2. The molecule has 0 N–H and O–H groups in total. The first-order valence-corrected chi connectivity index (χ1v) is 14.5. The van der Waals surface area contributed by atoms with Gasteiger partial charge in [0, 0.05) is 25.1 Å². The lowest BCUT2D eigenvalue weighted by Gasteiger charge is -2.30. The molecule has 0 bridgehead atoms. The van der Waals surface area contributed by atoms with Gasteiger partial charge in [-0.3, -0.25) is 0 Å². The molecule has 0 fully saturated rings. The van der Waals surface area contributed by atoms with Crippen LogP contribution in [-0.2, 0) is 22.3 Å². The number of nitrogens with zero attached hydrogens (tertiary/aromatic N) is 3. The Kier molecular flexibility index (Phi) is 8.76. The number of hydrogen-bond donors (Lipinski definition) is 0. The molecule has 5 rings (SSSR count). The molecule has 2 heterocycles. The third-order valence-electron chi connectivity index (χ3n) is 7.32. The fourth-order valence-electron chi connectivity index (χ4n) is 4.97. The van der Waals surface area contributed by atoms with Crippen molar-refractivity contribution in [3.05, 3.63) is 101 Å². The molecule has 0 saturated heterocycles. The molecule has 1 amide bonds. The Morgan fingerprint density at radius 2 is 1.63 bits per heavy atom. The van der Waals surface area contributed by atoms with Gasteiger partial charge in [0.2, 0.25) is 11.7 Å². The molecule has 0 aliphatic carbocycles. The number of benzene rings is 3. The van der Waals surface area contributed by atoms with Gasteiger partial charge in [0.15, 0.2) is 0 Å². The third-order valence-corrected chi connectivity index (χ3v) is 7.32. The zero-order valence-corrected chi connectivity index (χ0v) is 25.3. The number of methoxy groups -OCH3 is 1. The van der Waals surface area contributed by atoms with Crippen LogP contribution < -0.4 is 0 Å². The van der Waals surface area contributed by atoms with Crippen molar-refractivity contribution in [3.63, 3.8) is 0 Å². The Balaban J connectivity index is 1.32. The van der Waals surface area contributed by atoms with E-state index in [4.69, 9.17) is 14.0 Å². The lowest BCUT2D eigenvalue weighted by Crippen LogP contribution is -2.39. The van der Waals surface area contributed by atoms with E-state index in [0.717, 1.165) is 34.2 Å². The number of amides is 1. The summed E-state index contributed by atoms with van der Waals surface area (Å²) in [7, 11) is 1.38. The highest BCUT2D eigenvalue weighted by Crippen LogP contribution is 2.32. The lowest BCUT2D eigenvalue weighted by atomic mass is 9.91. The largest absolute Gasteiger partial charge is 0.465 e. The Labute approximate surface area is 252 Å². The molecular weight excluding hydrogens is 542 g/mol. The van der Waals surface area contributed by atoms with Crippen LogP contribution in [0.15, 0.2) is 77.3 Å². The fourth-order valence-corrected chi connectivity index (χ4v) is 4.97. The van der Waals surface area contributed by atoms with Crippen molar-refractivity contribution >= 4 is 17.6 Å². The van der Waals surface area contributed by atoms with E-state index in [1.807, 2.05) is 63.2 Å². The molecule has 1 aromatic heterocycles. The molecule has 4 aromatic rings. The number of esters is 1. The van der Waals surface area contributed by atoms with E-state index in [9.17, 15) is 9.59 Å². The van der Waals surface area contributed by atoms with Crippen LogP contribution in [0, 0.1) is 6.92 Å². The van der Waals surface area contributed by atoms with Crippen molar-refractivity contribution in [3.8, 4) is 22.5 Å². The van der Waals surface area contributed by atoms with Gasteiger partial charge >= 0.3 is 12.1 Å². The van der Waals surface area contributed by atoms with E-state index in [2.05, 4.69) is 41.3 Å². The van der Waals surface area contributed by atoms with Gasteiger partial charge in [-0.2, -0.15) is 4.98 Å². The summed E-state index contributed by atoms with van der Waals surface area (Å²) in [4.78, 5) is 31.4. The van der Waals surface area contributed by atoms with Crippen LogP contribution in [0.2, 0.25) is 0 Å². The summed E-state index contributed by atoms with van der Waals surface area (Å²) in [5.74, 6) is 0.755. The van der Waals surface area contributed by atoms with Gasteiger partial charge in [-0.15, -0.1) is 0 Å². The quantitative estimate of drug-likeness (QED) is 0.212. The molecule has 0 radical (unpaired) electrons. The Morgan fingerprint density at radius 3 is 2.28 bits per heavy atom. The van der Waals surface area contributed by atoms with E-state index in [-0.39, 0.29) is 6.09 Å². The number of aryl methyl sites for hydroxylation is 3. The summed E-state index contributed by atoms with van der Waals surface area (Å²) in [6, 6.07) is 22.1. The van der Waals surface area contributed by atoms with E-state index >= 15 is 0 Å². The van der Waals surface area contributed by atoms with Crippen molar-refractivity contribution in [2.45, 2.75) is 52.6 Å². The van der Waals surface area contributed by atoms with Crippen LogP contribution in [0.3, 0.4) is 0 Å². The average molecular weight is 580 g/mol. The molecule has 222 valence electrons. The van der Waals surface area contributed by atoms with Gasteiger partial charge in [-0.1, -0.05) is 71.4 Å². The van der Waals surface area contributed by atoms with Crippen molar-refractivity contribution in [1.82, 2.24) is 15.0 Å². The maximum absolute atomic E-state index is 12.6. The predicted octanol–water partition coefficient (Wildman–Crippen LogP) is 7.31. The van der Waals surface area contributed by atoms with Crippen LogP contribution >= 0.6 is 0 Å². The topological polar surface area (TPSA) is 94.8 Å². The summed E-state index contributed by atoms with van der Waals surface area (Å²) in [6.07, 6.45) is 3.74. The van der Waals surface area contributed by atoms with Gasteiger partial charge in [0.05, 0.1) is 12.7 Å². The number of hydrogen-bond acceptors (Lipinski definition) is 7. The minimum atomic E-state index is -0.559. The third kappa shape index (κ3) is 7.38. The SMILES string of the molecule is COC(=O)c1ccc(-c2ccc(-c3noc(CCc4ccc(C)cc4)n3)cc2)cc1C1=CCN(C(=O)OC(C)(C)C)CC1. The minimum Gasteiger partial charge on any atom is -0.465 e. The second-order valence-corrected chi connectivity index (χ2v) is 11.7. The van der Waals surface area contributed by atoms with Crippen molar-refractivity contribution in [1.29, 1.82) is 0 Å². The Bertz CT molecular complexity index is 1630. The predicted molar refractivity (Wildman–Crippen MR) is 165 cm³/mol. The van der Waals surface area contributed by atoms with Gasteiger partial charge in [-0.05, 0) is 80.5 Å². The number of carbonyl (C=O) groups excluding carboxylic acids is 2. The van der Waals surface area contributed by atoms with Gasteiger partial charge in [0.25, 0.3) is 0 Å². The van der Waals surface area contributed by atoms with E-state index in [1.165, 1.54) is 18.2 Å². The van der Waals surface area contributed by atoms with E-state index < -0.39 is 11.6 Å². The van der Waals surface area contributed by atoms with Crippen molar-refractivity contribution in [2.75, 3.05) is 20.2 Å². The molecule has 0 unspecified atom stereocenters. The van der Waals surface area contributed by atoms with Crippen LogP contribution in [0.1, 0.15) is 60.1 Å². The monoisotopic (exact) mass is 579 g/mol. The lowest BCUT2D eigenvalue weighted by molar-refractivity contribution is 0.0270. The molecule has 43 heavy (non-hydrogen) atoms. The smallest absolute Gasteiger partial charge is 0.410 e. The zero-order valence-electron chi connectivity index (χ0n) is 25.3. The Hall–Kier alpha value is -4.72. The standard InChI is InChI=1S/C35H37N3O5/c1-23-6-8-24(9-7-23)10-17-31-36-32(37-43-31)27-13-11-25(12-14-27)28-15-16-29(33(39)41-5)30(22-28)26-18-20-38(21-19-26)34(40)42-35(2,3)4/h6-9,11-16,18,22H,10,17,19-21H2,1-5H3. The molecule has 1 aliphatic rings. The molecule has 3 aromatic carbocycles. The molecule has 8 heteroatoms. The maximum atomic E-state index is 12.6. The zero-order chi connectivity index (χ0) is 30.6. The summed E-state index contributed by atoms with van der Waals surface area (Å²) in [5, 5.41) is 4.19. The summed E-state index contributed by atoms with van der Waals surface area (Å²) < 4.78 is 16.1. The first-order chi connectivity index (χ1) is 20.6. The van der Waals surface area contributed by atoms with E-state index in [1.54, 1.807) is 11.0 Å². The molecule has 0 atom stereocenters. The highest BCUT2D eigenvalue weighted by Gasteiger charge is 2.25. The van der Waals surface area contributed by atoms with Crippen LogP contribution in [0.4, 0.5) is 4.79 Å². The summed E-state index contributed by atoms with van der Waals surface area (Å²) in [6.45, 7) is 8.53. The molecule has 0 saturated carbocycles.